The van der Waals surface area contributed by atoms with E-state index < -0.39 is 21.8 Å². The quantitative estimate of drug-likeness (QED) is 0.445. The Kier molecular flexibility index (Phi) is 7.72. The molecule has 1 N–H and O–H groups in total. The standard InChI is InChI=1S/C18H13Cl2NO4S3.C2H4O2/c19-13-3-1-2-12(16(13)20)14-5-4-11(25-14)8-15-17(22)21(18(26)27-15)10-6-7-28(23,24)9-10;1-2(3)4/h1-5,8,10H,6-7,9H2;1H3,(H,3,4)/b15-8+;. The van der Waals surface area contributed by atoms with Gasteiger partial charge in [0.25, 0.3) is 11.9 Å². The molecule has 1 atom stereocenters. The number of thiocarbonyl (C=S) groups is 1. The van der Waals surface area contributed by atoms with Crippen LogP contribution in [0.4, 0.5) is 0 Å². The predicted molar refractivity (Wildman–Crippen MR) is 130 cm³/mol. The van der Waals surface area contributed by atoms with Crippen LogP contribution in [0.2, 0.25) is 10.0 Å². The highest BCUT2D eigenvalue weighted by Crippen LogP contribution is 2.38. The molecule has 2 fully saturated rings. The summed E-state index contributed by atoms with van der Waals surface area (Å²) < 4.78 is 29.6. The Balaban J connectivity index is 0.000000668. The summed E-state index contributed by atoms with van der Waals surface area (Å²) in [7, 11) is -3.12. The van der Waals surface area contributed by atoms with E-state index in [1.165, 1.54) is 4.90 Å². The average molecular weight is 534 g/mol. The van der Waals surface area contributed by atoms with Gasteiger partial charge in [0, 0.05) is 18.6 Å². The first-order chi connectivity index (χ1) is 15.0. The number of nitrogens with zero attached hydrogens (tertiary/aromatic N) is 1. The third kappa shape index (κ3) is 5.74. The lowest BCUT2D eigenvalue weighted by Gasteiger charge is -2.20. The van der Waals surface area contributed by atoms with E-state index in [0.717, 1.165) is 18.7 Å². The number of rotatable bonds is 3. The molecule has 0 spiro atoms. The molecule has 2 aromatic rings. The molecule has 2 aliphatic heterocycles. The Morgan fingerprint density at radius 1 is 1.31 bits per heavy atom. The SMILES string of the molecule is CC(=O)O.O=C1/C(=C\c2ccc(-c3cccc(Cl)c3Cl)o2)SC(=S)N1C1CCS(=O)(=O)C1. The molecule has 12 heteroatoms. The normalized spacial score (nSPS) is 21.0. The summed E-state index contributed by atoms with van der Waals surface area (Å²) in [5.41, 5.74) is 0.650. The number of amides is 1. The molecule has 3 heterocycles. The Labute approximate surface area is 204 Å². The smallest absolute Gasteiger partial charge is 0.300 e. The van der Waals surface area contributed by atoms with E-state index in [2.05, 4.69) is 0 Å². The monoisotopic (exact) mass is 533 g/mol. The van der Waals surface area contributed by atoms with Crippen molar-refractivity contribution in [2.45, 2.75) is 19.4 Å². The molecule has 7 nitrogen and oxygen atoms in total. The minimum atomic E-state index is -3.12. The number of carboxylic acid groups (broad SMARTS) is 1. The first-order valence-electron chi connectivity index (χ1n) is 9.20. The van der Waals surface area contributed by atoms with Crippen LogP contribution in [-0.4, -0.2) is 52.2 Å². The number of hydrogen-bond donors (Lipinski definition) is 1. The van der Waals surface area contributed by atoms with Gasteiger partial charge in [-0.15, -0.1) is 0 Å². The predicted octanol–water partition coefficient (Wildman–Crippen LogP) is 4.73. The maximum Gasteiger partial charge on any atom is 0.300 e. The number of sulfone groups is 1. The van der Waals surface area contributed by atoms with Gasteiger partial charge in [0.05, 0.1) is 32.5 Å². The molecular formula is C20H17Cl2NO6S3. The second-order valence-electron chi connectivity index (χ2n) is 6.93. The van der Waals surface area contributed by atoms with E-state index in [1.807, 2.05) is 0 Å². The molecule has 0 bridgehead atoms. The van der Waals surface area contributed by atoms with Crippen molar-refractivity contribution >= 4 is 79.3 Å². The summed E-state index contributed by atoms with van der Waals surface area (Å²) in [6.45, 7) is 1.08. The van der Waals surface area contributed by atoms with E-state index in [1.54, 1.807) is 36.4 Å². The summed E-state index contributed by atoms with van der Waals surface area (Å²) in [4.78, 5) is 23.6. The highest BCUT2D eigenvalue weighted by Gasteiger charge is 2.42. The molecule has 2 saturated heterocycles. The lowest BCUT2D eigenvalue weighted by atomic mass is 10.2. The van der Waals surface area contributed by atoms with Crippen molar-refractivity contribution in [2.24, 2.45) is 0 Å². The largest absolute Gasteiger partial charge is 0.481 e. The molecule has 1 aromatic carbocycles. The Hall–Kier alpha value is -1.85. The maximum atomic E-state index is 12.8. The molecule has 2 aliphatic rings. The van der Waals surface area contributed by atoms with Gasteiger partial charge in [-0.25, -0.2) is 8.42 Å². The van der Waals surface area contributed by atoms with Crippen LogP contribution in [0.5, 0.6) is 0 Å². The highest BCUT2D eigenvalue weighted by molar-refractivity contribution is 8.26. The van der Waals surface area contributed by atoms with Crippen LogP contribution in [-0.2, 0) is 19.4 Å². The molecule has 0 radical (unpaired) electrons. The van der Waals surface area contributed by atoms with Gasteiger partial charge in [0.15, 0.2) is 9.84 Å². The topological polar surface area (TPSA) is 105 Å². The Morgan fingerprint density at radius 2 is 2.00 bits per heavy atom. The third-order valence-corrected chi connectivity index (χ3v) is 8.41. The van der Waals surface area contributed by atoms with E-state index in [0.29, 0.717) is 42.8 Å². The van der Waals surface area contributed by atoms with Gasteiger partial charge in [0.1, 0.15) is 15.8 Å². The van der Waals surface area contributed by atoms with Crippen molar-refractivity contribution in [1.82, 2.24) is 4.90 Å². The van der Waals surface area contributed by atoms with Gasteiger partial charge in [-0.05, 0) is 30.7 Å². The molecule has 0 saturated carbocycles. The zero-order valence-corrected chi connectivity index (χ0v) is 20.5. The van der Waals surface area contributed by atoms with Crippen LogP contribution >= 0.6 is 47.2 Å². The molecule has 0 aliphatic carbocycles. The minimum Gasteiger partial charge on any atom is -0.481 e. The zero-order valence-electron chi connectivity index (χ0n) is 16.6. The Morgan fingerprint density at radius 3 is 2.62 bits per heavy atom. The second-order valence-corrected chi connectivity index (χ2v) is 11.6. The van der Waals surface area contributed by atoms with Crippen molar-refractivity contribution in [1.29, 1.82) is 0 Å². The lowest BCUT2D eigenvalue weighted by molar-refractivity contribution is -0.134. The van der Waals surface area contributed by atoms with Crippen LogP contribution in [0, 0.1) is 0 Å². The number of carbonyl (C=O) groups is 2. The number of carboxylic acids is 1. The fraction of sp³-hybridized carbons (Fsp3) is 0.250. The summed E-state index contributed by atoms with van der Waals surface area (Å²) in [6.07, 6.45) is 2.00. The van der Waals surface area contributed by atoms with Crippen molar-refractivity contribution in [3.63, 3.8) is 0 Å². The van der Waals surface area contributed by atoms with E-state index in [-0.39, 0.29) is 17.4 Å². The minimum absolute atomic E-state index is 0.0507. The van der Waals surface area contributed by atoms with Crippen LogP contribution in [0.25, 0.3) is 17.4 Å². The van der Waals surface area contributed by atoms with Gasteiger partial charge in [-0.3, -0.25) is 14.5 Å². The van der Waals surface area contributed by atoms with E-state index in [9.17, 15) is 13.2 Å². The van der Waals surface area contributed by atoms with E-state index in [4.69, 9.17) is 49.7 Å². The van der Waals surface area contributed by atoms with Crippen molar-refractivity contribution < 1.29 is 27.5 Å². The molecule has 1 unspecified atom stereocenters. The number of halogens is 2. The van der Waals surface area contributed by atoms with Crippen molar-refractivity contribution in [3.05, 3.63) is 51.0 Å². The first kappa shape index (κ1) is 24.8. The molecular weight excluding hydrogens is 517 g/mol. The highest BCUT2D eigenvalue weighted by atomic mass is 35.5. The third-order valence-electron chi connectivity index (χ3n) is 4.51. The summed E-state index contributed by atoms with van der Waals surface area (Å²) in [5.74, 6) is -0.113. The van der Waals surface area contributed by atoms with Crippen LogP contribution < -0.4 is 0 Å². The van der Waals surface area contributed by atoms with Gasteiger partial charge in [-0.2, -0.15) is 0 Å². The zero-order chi connectivity index (χ0) is 23.6. The fourth-order valence-corrected chi connectivity index (χ4v) is 6.65. The molecule has 4 rings (SSSR count). The van der Waals surface area contributed by atoms with Gasteiger partial charge >= 0.3 is 0 Å². The summed E-state index contributed by atoms with van der Waals surface area (Å²) in [5, 5.41) is 8.23. The van der Waals surface area contributed by atoms with E-state index >= 15 is 0 Å². The fourth-order valence-electron chi connectivity index (χ4n) is 3.17. The van der Waals surface area contributed by atoms with Crippen LogP contribution in [0.15, 0.2) is 39.7 Å². The number of aliphatic carboxylic acids is 1. The lowest BCUT2D eigenvalue weighted by Crippen LogP contribution is -2.39. The average Bonchev–Trinajstić information content (AvgIpc) is 3.36. The van der Waals surface area contributed by atoms with Gasteiger partial charge in [-0.1, -0.05) is 53.2 Å². The summed E-state index contributed by atoms with van der Waals surface area (Å²) in [6, 6.07) is 8.31. The number of thioether (sulfide) groups is 1. The Bertz CT molecular complexity index is 1220. The van der Waals surface area contributed by atoms with Crippen LogP contribution in [0.3, 0.4) is 0 Å². The molecule has 32 heavy (non-hydrogen) atoms. The second kappa shape index (κ2) is 9.96. The summed E-state index contributed by atoms with van der Waals surface area (Å²) >= 11 is 18.7. The molecule has 1 amide bonds. The first-order valence-corrected chi connectivity index (χ1v) is 13.0. The van der Waals surface area contributed by atoms with Gasteiger partial charge in [0.2, 0.25) is 0 Å². The molecule has 1 aromatic heterocycles. The maximum absolute atomic E-state index is 12.8. The van der Waals surface area contributed by atoms with Crippen LogP contribution in [0.1, 0.15) is 19.1 Å². The molecule has 170 valence electrons. The number of furan rings is 1. The number of hydrogen-bond acceptors (Lipinski definition) is 7. The van der Waals surface area contributed by atoms with Crippen molar-refractivity contribution in [2.75, 3.05) is 11.5 Å². The van der Waals surface area contributed by atoms with Gasteiger partial charge < -0.3 is 9.52 Å². The number of benzene rings is 1. The van der Waals surface area contributed by atoms with Crippen molar-refractivity contribution in [3.8, 4) is 11.3 Å². The number of carbonyl (C=O) groups excluding carboxylic acids is 1.